The van der Waals surface area contributed by atoms with E-state index in [2.05, 4.69) is 24.1 Å². The average Bonchev–Trinajstić information content (AvgIpc) is 3.05. The van der Waals surface area contributed by atoms with Crippen LogP contribution in [0.3, 0.4) is 0 Å². The lowest BCUT2D eigenvalue weighted by molar-refractivity contribution is 0.0863. The highest BCUT2D eigenvalue weighted by Gasteiger charge is 2.14. The number of carbonyl (C=O) groups is 1. The SMILES string of the molecule is Cc1csc(NC(=O)c2cccn(OCc3ccc(C(C)C)cc3)c2=O)n1. The Morgan fingerprint density at radius 3 is 2.63 bits per heavy atom. The lowest BCUT2D eigenvalue weighted by Gasteiger charge is -2.11. The zero-order valence-corrected chi connectivity index (χ0v) is 16.2. The van der Waals surface area contributed by atoms with Gasteiger partial charge in [0, 0.05) is 11.6 Å². The highest BCUT2D eigenvalue weighted by molar-refractivity contribution is 7.13. The molecule has 0 spiro atoms. The molecule has 0 atom stereocenters. The number of rotatable bonds is 6. The molecule has 3 aromatic rings. The number of aromatic nitrogens is 2. The Hall–Kier alpha value is -2.93. The molecule has 0 radical (unpaired) electrons. The number of benzene rings is 1. The molecule has 0 aliphatic heterocycles. The van der Waals surface area contributed by atoms with Crippen molar-refractivity contribution in [3.63, 3.8) is 0 Å². The molecule has 6 nitrogen and oxygen atoms in total. The van der Waals surface area contributed by atoms with E-state index in [1.54, 1.807) is 6.07 Å². The Bertz CT molecular complexity index is 990. The van der Waals surface area contributed by atoms with Crippen LogP contribution in [0.4, 0.5) is 5.13 Å². The molecule has 0 aliphatic rings. The van der Waals surface area contributed by atoms with Gasteiger partial charge in [0.2, 0.25) is 0 Å². The van der Waals surface area contributed by atoms with Gasteiger partial charge < -0.3 is 4.84 Å². The number of nitrogens with one attached hydrogen (secondary N) is 1. The number of aryl methyl sites for hydroxylation is 1. The smallest absolute Gasteiger partial charge is 0.295 e. The van der Waals surface area contributed by atoms with Crippen LogP contribution in [0.15, 0.2) is 52.8 Å². The fourth-order valence-corrected chi connectivity index (χ4v) is 3.15. The molecule has 2 aromatic heterocycles. The maximum atomic E-state index is 12.5. The molecule has 3 rings (SSSR count). The summed E-state index contributed by atoms with van der Waals surface area (Å²) >= 11 is 1.31. The summed E-state index contributed by atoms with van der Waals surface area (Å²) in [4.78, 5) is 34.6. The topological polar surface area (TPSA) is 73.2 Å². The highest BCUT2D eigenvalue weighted by Crippen LogP contribution is 2.16. The van der Waals surface area contributed by atoms with Gasteiger partial charge in [-0.2, -0.15) is 4.73 Å². The van der Waals surface area contributed by atoms with Gasteiger partial charge in [-0.25, -0.2) is 4.98 Å². The summed E-state index contributed by atoms with van der Waals surface area (Å²) in [6.45, 7) is 6.33. The number of pyridine rings is 1. The van der Waals surface area contributed by atoms with E-state index in [-0.39, 0.29) is 12.2 Å². The molecular formula is C20H21N3O3S. The van der Waals surface area contributed by atoms with Gasteiger partial charge in [-0.1, -0.05) is 38.1 Å². The first kappa shape index (κ1) is 18.8. The predicted octanol–water partition coefficient (Wildman–Crippen LogP) is 3.62. The quantitative estimate of drug-likeness (QED) is 0.706. The summed E-state index contributed by atoms with van der Waals surface area (Å²) in [5.74, 6) is -0.0482. The van der Waals surface area contributed by atoms with E-state index < -0.39 is 11.5 Å². The van der Waals surface area contributed by atoms with Gasteiger partial charge in [0.1, 0.15) is 12.2 Å². The van der Waals surface area contributed by atoms with Gasteiger partial charge in [-0.15, -0.1) is 11.3 Å². The third kappa shape index (κ3) is 4.62. The van der Waals surface area contributed by atoms with Crippen LogP contribution in [0.1, 0.15) is 46.9 Å². The highest BCUT2D eigenvalue weighted by atomic mass is 32.1. The molecule has 1 N–H and O–H groups in total. The number of nitrogens with zero attached hydrogens (tertiary/aromatic N) is 2. The zero-order valence-electron chi connectivity index (χ0n) is 15.4. The van der Waals surface area contributed by atoms with Crippen LogP contribution in [-0.4, -0.2) is 15.6 Å². The molecule has 0 unspecified atom stereocenters. The molecule has 0 saturated carbocycles. The van der Waals surface area contributed by atoms with Crippen molar-refractivity contribution in [1.82, 2.24) is 9.71 Å². The molecule has 7 heteroatoms. The van der Waals surface area contributed by atoms with E-state index in [1.165, 1.54) is 29.2 Å². The number of carbonyl (C=O) groups excluding carboxylic acids is 1. The summed E-state index contributed by atoms with van der Waals surface area (Å²) in [5, 5.41) is 4.92. The van der Waals surface area contributed by atoms with Crippen LogP contribution < -0.4 is 15.7 Å². The Kier molecular flexibility index (Phi) is 5.71. The predicted molar refractivity (Wildman–Crippen MR) is 106 cm³/mol. The third-order valence-corrected chi connectivity index (χ3v) is 4.89. The summed E-state index contributed by atoms with van der Waals surface area (Å²) < 4.78 is 1.08. The van der Waals surface area contributed by atoms with Crippen LogP contribution in [-0.2, 0) is 6.61 Å². The van der Waals surface area contributed by atoms with Crippen LogP contribution in [0.5, 0.6) is 0 Å². The fraction of sp³-hybridized carbons (Fsp3) is 0.250. The molecule has 0 bridgehead atoms. The monoisotopic (exact) mass is 383 g/mol. The first-order valence-corrected chi connectivity index (χ1v) is 9.49. The van der Waals surface area contributed by atoms with Crippen LogP contribution >= 0.6 is 11.3 Å². The maximum absolute atomic E-state index is 12.5. The number of anilines is 1. The number of thiazole rings is 1. The molecule has 0 fully saturated rings. The minimum Gasteiger partial charge on any atom is -0.406 e. The fourth-order valence-electron chi connectivity index (χ4n) is 2.47. The second kappa shape index (κ2) is 8.18. The third-order valence-electron chi connectivity index (χ3n) is 4.02. The van der Waals surface area contributed by atoms with Crippen molar-refractivity contribution in [2.24, 2.45) is 0 Å². The van der Waals surface area contributed by atoms with E-state index >= 15 is 0 Å². The van der Waals surface area contributed by atoms with Gasteiger partial charge in [-0.3, -0.25) is 14.9 Å². The Balaban J connectivity index is 1.70. The first-order chi connectivity index (χ1) is 12.9. The van der Waals surface area contributed by atoms with Crippen molar-refractivity contribution < 1.29 is 9.63 Å². The lowest BCUT2D eigenvalue weighted by Crippen LogP contribution is -2.32. The summed E-state index contributed by atoms with van der Waals surface area (Å²) in [6, 6.07) is 11.1. The van der Waals surface area contributed by atoms with Gasteiger partial charge in [0.05, 0.1) is 5.69 Å². The standard InChI is InChI=1S/C20H21N3O3S/c1-13(2)16-8-6-15(7-9-16)11-26-23-10-4-5-17(19(23)25)18(24)22-20-21-14(3)12-27-20/h4-10,12-13H,11H2,1-3H3,(H,21,22,24). The van der Waals surface area contributed by atoms with E-state index in [4.69, 9.17) is 4.84 Å². The van der Waals surface area contributed by atoms with Crippen molar-refractivity contribution >= 4 is 22.4 Å². The Morgan fingerprint density at radius 1 is 1.26 bits per heavy atom. The molecule has 2 heterocycles. The number of amides is 1. The maximum Gasteiger partial charge on any atom is 0.295 e. The minimum absolute atomic E-state index is 0.000471. The zero-order chi connectivity index (χ0) is 19.4. The normalized spacial score (nSPS) is 10.8. The largest absolute Gasteiger partial charge is 0.406 e. The van der Waals surface area contributed by atoms with Crippen LogP contribution in [0.25, 0.3) is 0 Å². The molecule has 140 valence electrons. The van der Waals surface area contributed by atoms with Crippen molar-refractivity contribution in [2.45, 2.75) is 33.3 Å². The second-order valence-corrected chi connectivity index (χ2v) is 7.33. The van der Waals surface area contributed by atoms with Crippen molar-refractivity contribution in [3.05, 3.63) is 80.7 Å². The van der Waals surface area contributed by atoms with E-state index in [9.17, 15) is 9.59 Å². The molecule has 0 aliphatic carbocycles. The summed E-state index contributed by atoms with van der Waals surface area (Å²) in [5.41, 5.74) is 2.49. The average molecular weight is 383 g/mol. The van der Waals surface area contributed by atoms with E-state index in [0.29, 0.717) is 11.0 Å². The van der Waals surface area contributed by atoms with Gasteiger partial charge in [-0.05, 0) is 36.1 Å². The number of hydrogen-bond donors (Lipinski definition) is 1. The van der Waals surface area contributed by atoms with Gasteiger partial charge in [0.15, 0.2) is 5.13 Å². The minimum atomic E-state index is -0.512. The van der Waals surface area contributed by atoms with E-state index in [0.717, 1.165) is 16.0 Å². The van der Waals surface area contributed by atoms with Crippen molar-refractivity contribution in [2.75, 3.05) is 5.32 Å². The van der Waals surface area contributed by atoms with Crippen molar-refractivity contribution in [3.8, 4) is 0 Å². The van der Waals surface area contributed by atoms with E-state index in [1.807, 2.05) is 36.6 Å². The molecule has 1 amide bonds. The second-order valence-electron chi connectivity index (χ2n) is 6.47. The molecule has 27 heavy (non-hydrogen) atoms. The Morgan fingerprint density at radius 2 is 2.00 bits per heavy atom. The summed E-state index contributed by atoms with van der Waals surface area (Å²) in [6.07, 6.45) is 1.50. The van der Waals surface area contributed by atoms with Crippen LogP contribution in [0, 0.1) is 6.92 Å². The lowest BCUT2D eigenvalue weighted by atomic mass is 10.0. The van der Waals surface area contributed by atoms with Gasteiger partial charge in [0.25, 0.3) is 11.5 Å². The molecule has 1 aromatic carbocycles. The first-order valence-electron chi connectivity index (χ1n) is 8.61. The molecular weight excluding hydrogens is 362 g/mol. The number of hydrogen-bond acceptors (Lipinski definition) is 5. The molecule has 0 saturated heterocycles. The van der Waals surface area contributed by atoms with Crippen LogP contribution in [0.2, 0.25) is 0 Å². The van der Waals surface area contributed by atoms with Crippen molar-refractivity contribution in [1.29, 1.82) is 0 Å². The summed E-state index contributed by atoms with van der Waals surface area (Å²) in [7, 11) is 0. The Labute approximate surface area is 161 Å². The van der Waals surface area contributed by atoms with Gasteiger partial charge >= 0.3 is 0 Å².